The Bertz CT molecular complexity index is 1390. The van der Waals surface area contributed by atoms with Gasteiger partial charge < -0.3 is 14.6 Å². The second-order valence-electron chi connectivity index (χ2n) is 7.24. The number of nitriles is 1. The summed E-state index contributed by atoms with van der Waals surface area (Å²) in [5, 5.41) is 11.3. The zero-order valence-corrected chi connectivity index (χ0v) is 17.8. The number of aromatic amines is 1. The normalized spacial score (nSPS) is 11.3. The Morgan fingerprint density at radius 2 is 1.75 bits per heavy atom. The summed E-state index contributed by atoms with van der Waals surface area (Å²) in [5.41, 5.74) is 3.65. The Labute approximate surface area is 185 Å². The van der Waals surface area contributed by atoms with Crippen molar-refractivity contribution in [2.75, 3.05) is 18.6 Å². The van der Waals surface area contributed by atoms with Crippen LogP contribution in [0, 0.1) is 11.3 Å². The van der Waals surface area contributed by atoms with E-state index in [0.717, 1.165) is 21.8 Å². The molecule has 0 radical (unpaired) electrons. The van der Waals surface area contributed by atoms with Gasteiger partial charge in [0, 0.05) is 29.0 Å². The Hall–Kier alpha value is -4.37. The Morgan fingerprint density at radius 3 is 2.47 bits per heavy atom. The standard InChI is InChI=1S/C26H21N3O3/c1-3-32-26(31)18(16-27)15-17-11-13-19(14-12-17)29(2)25(30)22-9-6-8-21-20-7-4-5-10-23(20)28-24(21)22/h4-15,28H,3H2,1-2H3/b18-15+. The number of H-pyrrole nitrogens is 1. The van der Waals surface area contributed by atoms with Crippen molar-refractivity contribution in [3.05, 3.63) is 83.4 Å². The van der Waals surface area contributed by atoms with Crippen LogP contribution in [0.2, 0.25) is 0 Å². The summed E-state index contributed by atoms with van der Waals surface area (Å²) in [7, 11) is 1.72. The van der Waals surface area contributed by atoms with Crippen molar-refractivity contribution in [1.82, 2.24) is 4.98 Å². The molecule has 158 valence electrons. The van der Waals surface area contributed by atoms with Gasteiger partial charge in [-0.1, -0.05) is 42.5 Å². The van der Waals surface area contributed by atoms with Gasteiger partial charge in [-0.2, -0.15) is 5.26 Å². The molecule has 0 spiro atoms. The van der Waals surface area contributed by atoms with Crippen LogP contribution >= 0.6 is 0 Å². The van der Waals surface area contributed by atoms with Gasteiger partial charge in [-0.15, -0.1) is 0 Å². The van der Waals surface area contributed by atoms with Crippen molar-refractivity contribution in [2.45, 2.75) is 6.92 Å². The molecule has 0 atom stereocenters. The van der Waals surface area contributed by atoms with Crippen molar-refractivity contribution in [1.29, 1.82) is 5.26 Å². The minimum atomic E-state index is -0.655. The van der Waals surface area contributed by atoms with Crippen LogP contribution in [0.25, 0.3) is 27.9 Å². The highest BCUT2D eigenvalue weighted by atomic mass is 16.5. The molecule has 0 aliphatic carbocycles. The molecule has 1 heterocycles. The van der Waals surface area contributed by atoms with Crippen LogP contribution < -0.4 is 4.90 Å². The van der Waals surface area contributed by atoms with Crippen LogP contribution in [0.15, 0.2) is 72.3 Å². The number of carbonyl (C=O) groups excluding carboxylic acids is 2. The van der Waals surface area contributed by atoms with Crippen LogP contribution in [-0.4, -0.2) is 30.5 Å². The first kappa shape index (κ1) is 20.9. The smallest absolute Gasteiger partial charge is 0.348 e. The Kier molecular flexibility index (Phi) is 5.73. The predicted octanol–water partition coefficient (Wildman–Crippen LogP) is 5.07. The molecule has 6 nitrogen and oxygen atoms in total. The molecule has 0 saturated carbocycles. The quantitative estimate of drug-likeness (QED) is 0.276. The van der Waals surface area contributed by atoms with Crippen LogP contribution in [0.1, 0.15) is 22.8 Å². The van der Waals surface area contributed by atoms with Crippen molar-refractivity contribution in [2.24, 2.45) is 0 Å². The first-order valence-electron chi connectivity index (χ1n) is 10.2. The van der Waals surface area contributed by atoms with Crippen LogP contribution in [-0.2, 0) is 9.53 Å². The predicted molar refractivity (Wildman–Crippen MR) is 125 cm³/mol. The number of anilines is 1. The van der Waals surface area contributed by atoms with E-state index in [1.165, 1.54) is 6.08 Å². The van der Waals surface area contributed by atoms with E-state index >= 15 is 0 Å². The molecule has 1 aromatic heterocycles. The number of aromatic nitrogens is 1. The average Bonchev–Trinajstić information content (AvgIpc) is 3.21. The number of hydrogen-bond acceptors (Lipinski definition) is 4. The maximum absolute atomic E-state index is 13.3. The third-order valence-corrected chi connectivity index (χ3v) is 5.28. The summed E-state index contributed by atoms with van der Waals surface area (Å²) < 4.78 is 4.88. The molecule has 3 aromatic carbocycles. The highest BCUT2D eigenvalue weighted by molar-refractivity contribution is 6.18. The maximum Gasteiger partial charge on any atom is 0.348 e. The lowest BCUT2D eigenvalue weighted by Gasteiger charge is -2.18. The van der Waals surface area contributed by atoms with E-state index in [1.807, 2.05) is 48.5 Å². The number of nitrogens with zero attached hydrogens (tertiary/aromatic N) is 2. The van der Waals surface area contributed by atoms with E-state index in [2.05, 4.69) is 4.98 Å². The van der Waals surface area contributed by atoms with Crippen molar-refractivity contribution >= 4 is 45.4 Å². The number of rotatable bonds is 5. The largest absolute Gasteiger partial charge is 0.462 e. The summed E-state index contributed by atoms with van der Waals surface area (Å²) in [6, 6.07) is 22.6. The molecule has 0 saturated heterocycles. The first-order chi connectivity index (χ1) is 15.5. The highest BCUT2D eigenvalue weighted by Crippen LogP contribution is 2.29. The van der Waals surface area contributed by atoms with Gasteiger partial charge >= 0.3 is 5.97 Å². The van der Waals surface area contributed by atoms with Gasteiger partial charge in [-0.25, -0.2) is 4.79 Å². The summed E-state index contributed by atoms with van der Waals surface area (Å²) >= 11 is 0. The highest BCUT2D eigenvalue weighted by Gasteiger charge is 2.18. The van der Waals surface area contributed by atoms with Gasteiger partial charge in [0.25, 0.3) is 5.91 Å². The average molecular weight is 423 g/mol. The van der Waals surface area contributed by atoms with Gasteiger partial charge in [0.2, 0.25) is 0 Å². The van der Waals surface area contributed by atoms with Gasteiger partial charge in [-0.3, -0.25) is 4.79 Å². The number of ether oxygens (including phenoxy) is 1. The summed E-state index contributed by atoms with van der Waals surface area (Å²) in [5.74, 6) is -0.799. The Balaban J connectivity index is 1.63. The lowest BCUT2D eigenvalue weighted by atomic mass is 10.1. The third kappa shape index (κ3) is 3.84. The molecule has 0 unspecified atom stereocenters. The van der Waals surface area contributed by atoms with Gasteiger partial charge in [0.1, 0.15) is 11.6 Å². The lowest BCUT2D eigenvalue weighted by molar-refractivity contribution is -0.137. The van der Waals surface area contributed by atoms with Crippen LogP contribution in [0.5, 0.6) is 0 Å². The summed E-state index contributed by atoms with van der Waals surface area (Å²) in [6.07, 6.45) is 1.47. The molecule has 1 amide bonds. The lowest BCUT2D eigenvalue weighted by Crippen LogP contribution is -2.26. The number of hydrogen-bond donors (Lipinski definition) is 1. The topological polar surface area (TPSA) is 86.2 Å². The Morgan fingerprint density at radius 1 is 1.03 bits per heavy atom. The maximum atomic E-state index is 13.3. The molecule has 4 rings (SSSR count). The van der Waals surface area contributed by atoms with Crippen LogP contribution in [0.4, 0.5) is 5.69 Å². The van der Waals surface area contributed by atoms with E-state index in [9.17, 15) is 14.9 Å². The van der Waals surface area contributed by atoms with E-state index in [4.69, 9.17) is 4.74 Å². The molecule has 32 heavy (non-hydrogen) atoms. The van der Waals surface area contributed by atoms with Gasteiger partial charge in [0.15, 0.2) is 0 Å². The van der Waals surface area contributed by atoms with Gasteiger partial charge in [0.05, 0.1) is 17.7 Å². The second kappa shape index (κ2) is 8.78. The minimum Gasteiger partial charge on any atom is -0.462 e. The molecule has 0 bridgehead atoms. The molecule has 1 N–H and O–H groups in total. The molecule has 4 aromatic rings. The zero-order chi connectivity index (χ0) is 22.7. The molecular weight excluding hydrogens is 402 g/mol. The number of nitrogens with one attached hydrogen (secondary N) is 1. The summed E-state index contributed by atoms with van der Waals surface area (Å²) in [6.45, 7) is 1.89. The fourth-order valence-corrected chi connectivity index (χ4v) is 3.66. The SMILES string of the molecule is CCOC(=O)/C(C#N)=C/c1ccc(N(C)C(=O)c2cccc3c2[nH]c2ccccc23)cc1. The van der Waals surface area contributed by atoms with E-state index in [1.54, 1.807) is 43.1 Å². The number of carbonyl (C=O) groups is 2. The minimum absolute atomic E-state index is 0.0745. The second-order valence-corrected chi connectivity index (χ2v) is 7.24. The number of esters is 1. The monoisotopic (exact) mass is 423 g/mol. The fourth-order valence-electron chi connectivity index (χ4n) is 3.66. The summed E-state index contributed by atoms with van der Waals surface area (Å²) in [4.78, 5) is 30.0. The molecule has 0 aliphatic rings. The molecule has 0 fully saturated rings. The molecule has 0 aliphatic heterocycles. The van der Waals surface area contributed by atoms with Crippen molar-refractivity contribution in [3.63, 3.8) is 0 Å². The van der Waals surface area contributed by atoms with E-state index in [0.29, 0.717) is 16.8 Å². The van der Waals surface area contributed by atoms with Crippen molar-refractivity contribution in [3.8, 4) is 6.07 Å². The fraction of sp³-hybridized carbons (Fsp3) is 0.115. The van der Waals surface area contributed by atoms with E-state index < -0.39 is 5.97 Å². The van der Waals surface area contributed by atoms with Crippen molar-refractivity contribution < 1.29 is 14.3 Å². The molecule has 6 heteroatoms. The molecular formula is C26H21N3O3. The third-order valence-electron chi connectivity index (χ3n) is 5.28. The first-order valence-corrected chi connectivity index (χ1v) is 10.2. The zero-order valence-electron chi connectivity index (χ0n) is 17.8. The number of para-hydroxylation sites is 2. The number of benzene rings is 3. The van der Waals surface area contributed by atoms with Crippen LogP contribution in [0.3, 0.4) is 0 Å². The number of fused-ring (bicyclic) bond motifs is 3. The van der Waals surface area contributed by atoms with Gasteiger partial charge in [-0.05, 0) is 42.8 Å². The van der Waals surface area contributed by atoms with E-state index in [-0.39, 0.29) is 18.1 Å². The number of amides is 1.